The standard InChI is InChI=1S/C12H22O/c1-10-6-3-4-8-12(10)9-5-7-11(2)13/h10,12H,3-9H2,1-2H3. The second-order valence-electron chi connectivity index (χ2n) is 4.62. The fraction of sp³-hybridized carbons (Fsp3) is 0.917. The van der Waals surface area contributed by atoms with Gasteiger partial charge in [0.15, 0.2) is 0 Å². The van der Waals surface area contributed by atoms with Gasteiger partial charge in [-0.15, -0.1) is 0 Å². The van der Waals surface area contributed by atoms with E-state index in [2.05, 4.69) is 6.92 Å². The van der Waals surface area contributed by atoms with E-state index in [0.717, 1.165) is 24.7 Å². The molecule has 0 aromatic carbocycles. The second-order valence-corrected chi connectivity index (χ2v) is 4.62. The van der Waals surface area contributed by atoms with Gasteiger partial charge in [-0.1, -0.05) is 32.6 Å². The fourth-order valence-electron chi connectivity index (χ4n) is 2.44. The number of carbonyl (C=O) groups is 1. The van der Waals surface area contributed by atoms with E-state index >= 15 is 0 Å². The number of carbonyl (C=O) groups excluding carboxylic acids is 1. The van der Waals surface area contributed by atoms with Crippen LogP contribution >= 0.6 is 0 Å². The predicted molar refractivity (Wildman–Crippen MR) is 55.7 cm³/mol. The van der Waals surface area contributed by atoms with E-state index in [-0.39, 0.29) is 0 Å². The van der Waals surface area contributed by atoms with Crippen LogP contribution in [0.2, 0.25) is 0 Å². The first kappa shape index (κ1) is 10.7. The van der Waals surface area contributed by atoms with Crippen LogP contribution in [-0.4, -0.2) is 5.78 Å². The molecule has 1 aliphatic rings. The molecule has 2 atom stereocenters. The molecular weight excluding hydrogens is 160 g/mol. The molecule has 0 aromatic heterocycles. The largest absolute Gasteiger partial charge is 0.300 e. The minimum absolute atomic E-state index is 0.350. The Labute approximate surface area is 81.9 Å². The normalized spacial score (nSPS) is 28.8. The summed E-state index contributed by atoms with van der Waals surface area (Å²) in [5, 5.41) is 0. The van der Waals surface area contributed by atoms with Crippen LogP contribution in [-0.2, 0) is 4.79 Å². The molecule has 1 rings (SSSR count). The quantitative estimate of drug-likeness (QED) is 0.649. The van der Waals surface area contributed by atoms with E-state index < -0.39 is 0 Å². The molecule has 0 N–H and O–H groups in total. The van der Waals surface area contributed by atoms with Crippen LogP contribution in [0.3, 0.4) is 0 Å². The molecule has 0 amide bonds. The molecule has 0 aromatic rings. The van der Waals surface area contributed by atoms with Crippen molar-refractivity contribution in [1.29, 1.82) is 0 Å². The highest BCUT2D eigenvalue weighted by atomic mass is 16.1. The van der Waals surface area contributed by atoms with Gasteiger partial charge in [-0.25, -0.2) is 0 Å². The van der Waals surface area contributed by atoms with Crippen molar-refractivity contribution in [2.75, 3.05) is 0 Å². The van der Waals surface area contributed by atoms with E-state index in [0.29, 0.717) is 5.78 Å². The Kier molecular flexibility index (Phi) is 4.47. The highest BCUT2D eigenvalue weighted by molar-refractivity contribution is 5.75. The van der Waals surface area contributed by atoms with E-state index in [1.54, 1.807) is 6.92 Å². The highest BCUT2D eigenvalue weighted by Crippen LogP contribution is 2.32. The maximum atomic E-state index is 10.8. The van der Waals surface area contributed by atoms with Crippen molar-refractivity contribution < 1.29 is 4.79 Å². The maximum Gasteiger partial charge on any atom is 0.129 e. The van der Waals surface area contributed by atoms with Gasteiger partial charge in [0.05, 0.1) is 0 Å². The maximum absolute atomic E-state index is 10.8. The summed E-state index contributed by atoms with van der Waals surface area (Å²) in [6.07, 6.45) is 8.83. The van der Waals surface area contributed by atoms with Crippen LogP contribution in [0.25, 0.3) is 0 Å². The van der Waals surface area contributed by atoms with E-state index in [1.807, 2.05) is 0 Å². The van der Waals surface area contributed by atoms with Crippen molar-refractivity contribution in [2.24, 2.45) is 11.8 Å². The first-order valence-corrected chi connectivity index (χ1v) is 5.69. The topological polar surface area (TPSA) is 17.1 Å². The third-order valence-corrected chi connectivity index (χ3v) is 3.39. The van der Waals surface area contributed by atoms with Crippen molar-refractivity contribution in [1.82, 2.24) is 0 Å². The lowest BCUT2D eigenvalue weighted by molar-refractivity contribution is -0.117. The van der Waals surface area contributed by atoms with Gasteiger partial charge in [0.25, 0.3) is 0 Å². The average Bonchev–Trinajstić information content (AvgIpc) is 2.08. The summed E-state index contributed by atoms with van der Waals surface area (Å²) in [4.78, 5) is 10.8. The Morgan fingerprint density at radius 1 is 1.31 bits per heavy atom. The molecule has 0 bridgehead atoms. The zero-order chi connectivity index (χ0) is 9.68. The lowest BCUT2D eigenvalue weighted by Crippen LogP contribution is -2.16. The number of rotatable bonds is 4. The molecule has 76 valence electrons. The molecule has 0 radical (unpaired) electrons. The molecule has 1 fully saturated rings. The second kappa shape index (κ2) is 5.41. The van der Waals surface area contributed by atoms with Crippen LogP contribution in [0.1, 0.15) is 58.8 Å². The first-order valence-electron chi connectivity index (χ1n) is 5.69. The fourth-order valence-corrected chi connectivity index (χ4v) is 2.44. The predicted octanol–water partition coefficient (Wildman–Crippen LogP) is 3.57. The monoisotopic (exact) mass is 182 g/mol. The lowest BCUT2D eigenvalue weighted by Gasteiger charge is -2.28. The molecule has 0 saturated heterocycles. The van der Waals surface area contributed by atoms with Gasteiger partial charge < -0.3 is 4.79 Å². The summed E-state index contributed by atoms with van der Waals surface area (Å²) in [5.74, 6) is 2.16. The van der Waals surface area contributed by atoms with Crippen LogP contribution in [0.4, 0.5) is 0 Å². The van der Waals surface area contributed by atoms with Crippen molar-refractivity contribution in [3.63, 3.8) is 0 Å². The first-order chi connectivity index (χ1) is 6.20. The molecule has 13 heavy (non-hydrogen) atoms. The van der Waals surface area contributed by atoms with Gasteiger partial charge in [0.1, 0.15) is 5.78 Å². The van der Waals surface area contributed by atoms with Crippen LogP contribution < -0.4 is 0 Å². The molecule has 1 heteroatoms. The minimum Gasteiger partial charge on any atom is -0.300 e. The Morgan fingerprint density at radius 3 is 2.62 bits per heavy atom. The average molecular weight is 182 g/mol. The number of hydrogen-bond acceptors (Lipinski definition) is 1. The third-order valence-electron chi connectivity index (χ3n) is 3.39. The van der Waals surface area contributed by atoms with Crippen molar-refractivity contribution in [2.45, 2.75) is 58.8 Å². The summed E-state index contributed by atoms with van der Waals surface area (Å²) in [5.41, 5.74) is 0. The lowest BCUT2D eigenvalue weighted by atomic mass is 9.78. The molecule has 1 aliphatic carbocycles. The van der Waals surface area contributed by atoms with Crippen LogP contribution in [0.5, 0.6) is 0 Å². The molecule has 2 unspecified atom stereocenters. The molecule has 1 saturated carbocycles. The van der Waals surface area contributed by atoms with Gasteiger partial charge in [0, 0.05) is 6.42 Å². The molecular formula is C12H22O. The van der Waals surface area contributed by atoms with Crippen LogP contribution in [0, 0.1) is 11.8 Å². The van der Waals surface area contributed by atoms with Gasteiger partial charge in [-0.05, 0) is 31.6 Å². The van der Waals surface area contributed by atoms with E-state index in [9.17, 15) is 4.79 Å². The zero-order valence-corrected chi connectivity index (χ0v) is 9.01. The summed E-state index contributed by atoms with van der Waals surface area (Å²) >= 11 is 0. The minimum atomic E-state index is 0.350. The van der Waals surface area contributed by atoms with Crippen molar-refractivity contribution in [3.05, 3.63) is 0 Å². The summed E-state index contributed by atoms with van der Waals surface area (Å²) in [6.45, 7) is 4.07. The van der Waals surface area contributed by atoms with Crippen molar-refractivity contribution >= 4 is 5.78 Å². The molecule has 0 spiro atoms. The third kappa shape index (κ3) is 3.93. The van der Waals surface area contributed by atoms with Gasteiger partial charge >= 0.3 is 0 Å². The highest BCUT2D eigenvalue weighted by Gasteiger charge is 2.20. The summed E-state index contributed by atoms with van der Waals surface area (Å²) in [7, 11) is 0. The SMILES string of the molecule is CC(=O)CCCC1CCCCC1C. The van der Waals surface area contributed by atoms with Gasteiger partial charge in [0.2, 0.25) is 0 Å². The van der Waals surface area contributed by atoms with E-state index in [4.69, 9.17) is 0 Å². The van der Waals surface area contributed by atoms with Gasteiger partial charge in [-0.2, -0.15) is 0 Å². The Hall–Kier alpha value is -0.330. The number of Topliss-reactive ketones (excluding diaryl/α,β-unsaturated/α-hetero) is 1. The Balaban J connectivity index is 2.15. The summed E-state index contributed by atoms with van der Waals surface area (Å²) in [6, 6.07) is 0. The Morgan fingerprint density at radius 2 is 2.00 bits per heavy atom. The summed E-state index contributed by atoms with van der Waals surface area (Å²) < 4.78 is 0. The molecule has 0 aliphatic heterocycles. The smallest absolute Gasteiger partial charge is 0.129 e. The molecule has 1 nitrogen and oxygen atoms in total. The van der Waals surface area contributed by atoms with E-state index in [1.165, 1.54) is 32.1 Å². The molecule has 0 heterocycles. The number of ketones is 1. The zero-order valence-electron chi connectivity index (χ0n) is 9.01. The van der Waals surface area contributed by atoms with Crippen LogP contribution in [0.15, 0.2) is 0 Å². The Bertz CT molecular complexity index is 163. The van der Waals surface area contributed by atoms with Crippen molar-refractivity contribution in [3.8, 4) is 0 Å². The number of hydrogen-bond donors (Lipinski definition) is 0. The van der Waals surface area contributed by atoms with Gasteiger partial charge in [-0.3, -0.25) is 0 Å².